The second kappa shape index (κ2) is 9.75. The van der Waals surface area contributed by atoms with Crippen molar-refractivity contribution in [3.8, 4) is 0 Å². The molecule has 2 aromatic rings. The summed E-state index contributed by atoms with van der Waals surface area (Å²) in [6.07, 6.45) is -1.89. The predicted octanol–water partition coefficient (Wildman–Crippen LogP) is 4.86. The number of nitrogens with zero attached hydrogens (tertiary/aromatic N) is 3. The van der Waals surface area contributed by atoms with Crippen LogP contribution in [-0.4, -0.2) is 58.7 Å². The number of ether oxygens (including phenoxy) is 1. The summed E-state index contributed by atoms with van der Waals surface area (Å²) in [6, 6.07) is 5.46. The van der Waals surface area contributed by atoms with Crippen LogP contribution in [0.2, 0.25) is 0 Å². The van der Waals surface area contributed by atoms with Crippen LogP contribution in [0, 0.1) is 0 Å². The topological polar surface area (TPSA) is 83.9 Å². The van der Waals surface area contributed by atoms with Crippen molar-refractivity contribution in [2.45, 2.75) is 64.4 Å². The van der Waals surface area contributed by atoms with Crippen LogP contribution in [0.25, 0.3) is 0 Å². The average Bonchev–Trinajstić information content (AvgIpc) is 3.26. The molecule has 1 saturated heterocycles. The molecule has 2 aliphatic heterocycles. The maximum Gasteiger partial charge on any atom is 0.416 e. The SMILES string of the molecule is C[C@H]1CN(c2ccc(C(F)(F)F)cc2)C(=O)c2c(C(=O)NC3CCCN(C(=O)OC(C)(C)C)C3)ccn21. The van der Waals surface area contributed by atoms with Crippen LogP contribution < -0.4 is 10.2 Å². The Morgan fingerprint density at radius 2 is 1.73 bits per heavy atom. The van der Waals surface area contributed by atoms with Crippen molar-refractivity contribution in [3.05, 3.63) is 53.3 Å². The Balaban J connectivity index is 1.50. The van der Waals surface area contributed by atoms with Gasteiger partial charge in [0.2, 0.25) is 0 Å². The van der Waals surface area contributed by atoms with E-state index in [1.165, 1.54) is 17.0 Å². The lowest BCUT2D eigenvalue weighted by Gasteiger charge is -2.35. The number of rotatable bonds is 3. The zero-order chi connectivity index (χ0) is 27.1. The summed E-state index contributed by atoms with van der Waals surface area (Å²) in [5.41, 5.74) is -0.748. The fourth-order valence-corrected chi connectivity index (χ4v) is 4.69. The van der Waals surface area contributed by atoms with E-state index in [2.05, 4.69) is 5.32 Å². The number of likely N-dealkylation sites (tertiary alicyclic amines) is 1. The van der Waals surface area contributed by atoms with Gasteiger partial charge in [0.1, 0.15) is 11.3 Å². The predicted molar refractivity (Wildman–Crippen MR) is 131 cm³/mol. The first kappa shape index (κ1) is 26.6. The fraction of sp³-hybridized carbons (Fsp3) is 0.500. The standard InChI is InChI=1S/C26H31F3N4O4/c1-16-14-33(19-9-7-17(8-10-19)26(27,28)29)23(35)21-20(11-13-32(16)21)22(34)30-18-6-5-12-31(15-18)24(36)37-25(2,3)4/h7-11,13,16,18H,5-6,12,14-15H2,1-4H3,(H,30,34)/t16-,18?/m0/s1. The summed E-state index contributed by atoms with van der Waals surface area (Å²) >= 11 is 0. The molecule has 0 saturated carbocycles. The maximum absolute atomic E-state index is 13.4. The van der Waals surface area contributed by atoms with E-state index < -0.39 is 35.2 Å². The molecule has 1 aromatic heterocycles. The molecule has 0 spiro atoms. The molecule has 11 heteroatoms. The summed E-state index contributed by atoms with van der Waals surface area (Å²) in [4.78, 5) is 42.1. The van der Waals surface area contributed by atoms with E-state index in [1.54, 1.807) is 42.5 Å². The summed E-state index contributed by atoms with van der Waals surface area (Å²) in [6.45, 7) is 8.30. The zero-order valence-corrected chi connectivity index (χ0v) is 21.3. The van der Waals surface area contributed by atoms with Gasteiger partial charge in [0.05, 0.1) is 11.1 Å². The average molecular weight is 521 g/mol. The third-order valence-corrected chi connectivity index (χ3v) is 6.44. The first-order valence-electron chi connectivity index (χ1n) is 12.2. The summed E-state index contributed by atoms with van der Waals surface area (Å²) in [5, 5.41) is 2.94. The van der Waals surface area contributed by atoms with E-state index in [4.69, 9.17) is 4.74 Å². The van der Waals surface area contributed by atoms with E-state index in [1.807, 2.05) is 6.92 Å². The van der Waals surface area contributed by atoms with E-state index in [-0.39, 0.29) is 29.9 Å². The highest BCUT2D eigenvalue weighted by atomic mass is 19.4. The van der Waals surface area contributed by atoms with E-state index in [9.17, 15) is 27.6 Å². The monoisotopic (exact) mass is 520 g/mol. The van der Waals surface area contributed by atoms with Crippen LogP contribution in [0.15, 0.2) is 36.5 Å². The van der Waals surface area contributed by atoms with E-state index in [0.29, 0.717) is 31.6 Å². The van der Waals surface area contributed by atoms with Crippen LogP contribution in [0.1, 0.15) is 73.0 Å². The van der Waals surface area contributed by atoms with E-state index in [0.717, 1.165) is 12.1 Å². The van der Waals surface area contributed by atoms with Crippen LogP contribution in [0.5, 0.6) is 0 Å². The molecule has 3 heterocycles. The number of fused-ring (bicyclic) bond motifs is 1. The second-order valence-corrected chi connectivity index (χ2v) is 10.5. The molecule has 1 fully saturated rings. The van der Waals surface area contributed by atoms with Gasteiger partial charge in [-0.3, -0.25) is 9.59 Å². The minimum Gasteiger partial charge on any atom is -0.444 e. The van der Waals surface area contributed by atoms with Crippen molar-refractivity contribution in [2.24, 2.45) is 0 Å². The molecule has 1 N–H and O–H groups in total. The van der Waals surface area contributed by atoms with Gasteiger partial charge in [0.25, 0.3) is 11.8 Å². The van der Waals surface area contributed by atoms with Gasteiger partial charge in [-0.05, 0) is 70.9 Å². The molecule has 0 aliphatic carbocycles. The lowest BCUT2D eigenvalue weighted by Crippen LogP contribution is -2.51. The Kier molecular flexibility index (Phi) is 7.00. The molecule has 8 nitrogen and oxygen atoms in total. The van der Waals surface area contributed by atoms with Gasteiger partial charge in [0, 0.05) is 43.6 Å². The molecule has 4 rings (SSSR count). The zero-order valence-electron chi connectivity index (χ0n) is 21.3. The number of carbonyl (C=O) groups is 3. The molecule has 37 heavy (non-hydrogen) atoms. The number of hydrogen-bond donors (Lipinski definition) is 1. The fourth-order valence-electron chi connectivity index (χ4n) is 4.69. The normalized spacial score (nSPS) is 20.5. The number of carbonyl (C=O) groups excluding carboxylic acids is 3. The highest BCUT2D eigenvalue weighted by Crippen LogP contribution is 2.33. The van der Waals surface area contributed by atoms with Gasteiger partial charge in [-0.1, -0.05) is 0 Å². The summed E-state index contributed by atoms with van der Waals surface area (Å²) < 4.78 is 46.1. The first-order valence-corrected chi connectivity index (χ1v) is 12.2. The quantitative estimate of drug-likeness (QED) is 0.627. The van der Waals surface area contributed by atoms with Gasteiger partial charge in [-0.2, -0.15) is 13.2 Å². The molecular weight excluding hydrogens is 489 g/mol. The van der Waals surface area contributed by atoms with Crippen LogP contribution in [-0.2, 0) is 10.9 Å². The number of piperidine rings is 1. The van der Waals surface area contributed by atoms with Crippen LogP contribution >= 0.6 is 0 Å². The Hall–Kier alpha value is -3.50. The number of halogens is 3. The number of nitrogens with one attached hydrogen (secondary N) is 1. The Morgan fingerprint density at radius 1 is 1.05 bits per heavy atom. The first-order chi connectivity index (χ1) is 17.2. The van der Waals surface area contributed by atoms with Crippen molar-refractivity contribution >= 4 is 23.6 Å². The maximum atomic E-state index is 13.4. The molecule has 1 unspecified atom stereocenters. The Labute approximate surface area is 213 Å². The highest BCUT2D eigenvalue weighted by molar-refractivity contribution is 6.13. The van der Waals surface area contributed by atoms with Crippen molar-refractivity contribution in [1.29, 1.82) is 0 Å². The number of benzene rings is 1. The summed E-state index contributed by atoms with van der Waals surface area (Å²) in [5.74, 6) is -0.911. The smallest absolute Gasteiger partial charge is 0.416 e. The lowest BCUT2D eigenvalue weighted by molar-refractivity contribution is -0.137. The second-order valence-electron chi connectivity index (χ2n) is 10.5. The van der Waals surface area contributed by atoms with Crippen LogP contribution in [0.4, 0.5) is 23.7 Å². The third-order valence-electron chi connectivity index (χ3n) is 6.44. The van der Waals surface area contributed by atoms with Gasteiger partial charge in [0.15, 0.2) is 0 Å². The Bertz CT molecular complexity index is 1180. The van der Waals surface area contributed by atoms with Crippen molar-refractivity contribution in [2.75, 3.05) is 24.5 Å². The van der Waals surface area contributed by atoms with Gasteiger partial charge >= 0.3 is 12.3 Å². The van der Waals surface area contributed by atoms with Crippen molar-refractivity contribution in [3.63, 3.8) is 0 Å². The molecular formula is C26H31F3N4O4. The summed E-state index contributed by atoms with van der Waals surface area (Å²) in [7, 11) is 0. The number of amides is 3. The lowest BCUT2D eigenvalue weighted by atomic mass is 10.0. The molecule has 1 aromatic carbocycles. The molecule has 200 valence electrons. The molecule has 0 radical (unpaired) electrons. The Morgan fingerprint density at radius 3 is 2.35 bits per heavy atom. The third kappa shape index (κ3) is 5.75. The number of aromatic nitrogens is 1. The minimum absolute atomic E-state index is 0.177. The number of hydrogen-bond acceptors (Lipinski definition) is 4. The minimum atomic E-state index is -4.48. The van der Waals surface area contributed by atoms with Crippen molar-refractivity contribution < 1.29 is 32.3 Å². The van der Waals surface area contributed by atoms with Crippen LogP contribution in [0.3, 0.4) is 0 Å². The molecule has 0 bridgehead atoms. The van der Waals surface area contributed by atoms with E-state index >= 15 is 0 Å². The molecule has 2 atom stereocenters. The molecule has 2 aliphatic rings. The van der Waals surface area contributed by atoms with Gasteiger partial charge in [-0.25, -0.2) is 4.79 Å². The van der Waals surface area contributed by atoms with Gasteiger partial charge < -0.3 is 24.4 Å². The number of anilines is 1. The number of alkyl halides is 3. The van der Waals surface area contributed by atoms with Gasteiger partial charge in [-0.15, -0.1) is 0 Å². The highest BCUT2D eigenvalue weighted by Gasteiger charge is 2.36. The largest absolute Gasteiger partial charge is 0.444 e. The van der Waals surface area contributed by atoms with Crippen molar-refractivity contribution in [1.82, 2.24) is 14.8 Å². The molecule has 3 amide bonds.